The van der Waals surface area contributed by atoms with E-state index in [0.717, 1.165) is 43.1 Å². The van der Waals surface area contributed by atoms with Gasteiger partial charge in [-0.25, -0.2) is 9.37 Å². The average Bonchev–Trinajstić information content (AvgIpc) is 2.72. The SMILES string of the molecule is Oc1ccccc1C(c1ccc(F)cc1)N1CCN(c2cnccn2)CC1. The zero-order valence-corrected chi connectivity index (χ0v) is 14.9. The molecule has 0 spiro atoms. The number of aromatic nitrogens is 2. The first kappa shape index (κ1) is 17.4. The maximum absolute atomic E-state index is 13.4. The molecular weight excluding hydrogens is 343 g/mol. The van der Waals surface area contributed by atoms with Gasteiger partial charge in [-0.2, -0.15) is 0 Å². The maximum Gasteiger partial charge on any atom is 0.147 e. The lowest BCUT2D eigenvalue weighted by Gasteiger charge is -2.40. The monoisotopic (exact) mass is 364 g/mol. The Morgan fingerprint density at radius 1 is 0.926 bits per heavy atom. The molecule has 27 heavy (non-hydrogen) atoms. The molecule has 1 unspecified atom stereocenters. The van der Waals surface area contributed by atoms with Crippen LogP contribution in [-0.4, -0.2) is 46.2 Å². The lowest BCUT2D eigenvalue weighted by atomic mass is 9.95. The molecule has 1 saturated heterocycles. The predicted molar refractivity (Wildman–Crippen MR) is 102 cm³/mol. The Kier molecular flexibility index (Phi) is 4.98. The van der Waals surface area contributed by atoms with Crippen LogP contribution >= 0.6 is 0 Å². The van der Waals surface area contributed by atoms with Crippen molar-refractivity contribution in [3.8, 4) is 5.75 Å². The van der Waals surface area contributed by atoms with Crippen molar-refractivity contribution in [3.63, 3.8) is 0 Å². The lowest BCUT2D eigenvalue weighted by molar-refractivity contribution is 0.209. The van der Waals surface area contributed by atoms with Crippen LogP contribution in [0.15, 0.2) is 67.1 Å². The van der Waals surface area contributed by atoms with Gasteiger partial charge >= 0.3 is 0 Å². The molecule has 3 aromatic rings. The number of hydrogen-bond acceptors (Lipinski definition) is 5. The highest BCUT2D eigenvalue weighted by molar-refractivity contribution is 5.42. The van der Waals surface area contributed by atoms with Crippen molar-refractivity contribution >= 4 is 5.82 Å². The zero-order valence-electron chi connectivity index (χ0n) is 14.9. The van der Waals surface area contributed by atoms with Crippen LogP contribution in [0.4, 0.5) is 10.2 Å². The van der Waals surface area contributed by atoms with Gasteiger partial charge in [-0.3, -0.25) is 9.88 Å². The van der Waals surface area contributed by atoms with Crippen LogP contribution in [-0.2, 0) is 0 Å². The third kappa shape index (κ3) is 3.75. The summed E-state index contributed by atoms with van der Waals surface area (Å²) in [7, 11) is 0. The first-order valence-electron chi connectivity index (χ1n) is 9.01. The number of nitrogens with zero attached hydrogens (tertiary/aromatic N) is 4. The maximum atomic E-state index is 13.4. The molecule has 1 aromatic heterocycles. The number of aromatic hydroxyl groups is 1. The largest absolute Gasteiger partial charge is 0.508 e. The summed E-state index contributed by atoms with van der Waals surface area (Å²) in [6.07, 6.45) is 5.14. The van der Waals surface area contributed by atoms with Crippen LogP contribution < -0.4 is 4.90 Å². The highest BCUT2D eigenvalue weighted by Crippen LogP contribution is 2.35. The van der Waals surface area contributed by atoms with E-state index in [-0.39, 0.29) is 17.6 Å². The molecule has 6 heteroatoms. The number of halogens is 1. The number of phenols is 1. The van der Waals surface area contributed by atoms with Crippen LogP contribution in [0.3, 0.4) is 0 Å². The van der Waals surface area contributed by atoms with Crippen LogP contribution in [0.5, 0.6) is 5.75 Å². The third-order valence-electron chi connectivity index (χ3n) is 4.97. The van der Waals surface area contributed by atoms with Gasteiger partial charge in [0.2, 0.25) is 0 Å². The molecule has 0 saturated carbocycles. The Balaban J connectivity index is 1.60. The van der Waals surface area contributed by atoms with Gasteiger partial charge < -0.3 is 10.0 Å². The molecule has 1 N–H and O–H groups in total. The van der Waals surface area contributed by atoms with E-state index in [9.17, 15) is 9.50 Å². The smallest absolute Gasteiger partial charge is 0.147 e. The Morgan fingerprint density at radius 3 is 2.33 bits per heavy atom. The molecular formula is C21H21FN4O. The highest BCUT2D eigenvalue weighted by Gasteiger charge is 2.28. The van der Waals surface area contributed by atoms with Gasteiger partial charge in [0.1, 0.15) is 17.4 Å². The molecule has 2 aromatic carbocycles. The van der Waals surface area contributed by atoms with Crippen LogP contribution in [0.2, 0.25) is 0 Å². The molecule has 1 aliphatic heterocycles. The molecule has 1 fully saturated rings. The summed E-state index contributed by atoms with van der Waals surface area (Å²) in [5.74, 6) is 0.864. The first-order chi connectivity index (χ1) is 13.2. The number of para-hydroxylation sites is 1. The van der Waals surface area contributed by atoms with Crippen molar-refractivity contribution in [2.24, 2.45) is 0 Å². The van der Waals surface area contributed by atoms with Gasteiger partial charge in [0.25, 0.3) is 0 Å². The molecule has 4 rings (SSSR count). The fraction of sp³-hybridized carbons (Fsp3) is 0.238. The summed E-state index contributed by atoms with van der Waals surface area (Å²) < 4.78 is 13.4. The first-order valence-corrected chi connectivity index (χ1v) is 9.01. The van der Waals surface area contributed by atoms with Crippen LogP contribution in [0.1, 0.15) is 17.2 Å². The number of rotatable bonds is 4. The van der Waals surface area contributed by atoms with Crippen molar-refractivity contribution in [2.75, 3.05) is 31.1 Å². The van der Waals surface area contributed by atoms with E-state index >= 15 is 0 Å². The van der Waals surface area contributed by atoms with E-state index in [1.807, 2.05) is 18.2 Å². The Labute approximate surface area is 157 Å². The van der Waals surface area contributed by atoms with Gasteiger partial charge in [0, 0.05) is 44.1 Å². The molecule has 0 radical (unpaired) electrons. The highest BCUT2D eigenvalue weighted by atomic mass is 19.1. The average molecular weight is 364 g/mol. The molecule has 2 heterocycles. The fourth-order valence-corrected chi connectivity index (χ4v) is 3.61. The minimum absolute atomic E-state index is 0.129. The molecule has 1 aliphatic rings. The van der Waals surface area contributed by atoms with Crippen LogP contribution in [0.25, 0.3) is 0 Å². The topological polar surface area (TPSA) is 52.5 Å². The second kappa shape index (κ2) is 7.72. The lowest BCUT2D eigenvalue weighted by Crippen LogP contribution is -2.48. The number of phenolic OH excluding ortho intramolecular Hbond substituents is 1. The number of benzene rings is 2. The Hall–Kier alpha value is -2.99. The number of piperazine rings is 1. The zero-order chi connectivity index (χ0) is 18.6. The molecule has 0 aliphatic carbocycles. The quantitative estimate of drug-likeness (QED) is 0.770. The summed E-state index contributed by atoms with van der Waals surface area (Å²) in [6, 6.07) is 13.8. The standard InChI is InChI=1S/C21H21FN4O/c22-17-7-5-16(6-8-17)21(18-3-1-2-4-19(18)27)26-13-11-25(12-14-26)20-15-23-9-10-24-20/h1-10,15,21,27H,11-14H2. The second-order valence-electron chi connectivity index (χ2n) is 6.60. The van der Waals surface area contributed by atoms with E-state index in [4.69, 9.17) is 0 Å². The van der Waals surface area contributed by atoms with Gasteiger partial charge in [-0.05, 0) is 23.8 Å². The Bertz CT molecular complexity index is 880. The van der Waals surface area contributed by atoms with Crippen molar-refractivity contribution in [1.29, 1.82) is 0 Å². The molecule has 1 atom stereocenters. The molecule has 0 bridgehead atoms. The van der Waals surface area contributed by atoms with Crippen molar-refractivity contribution in [2.45, 2.75) is 6.04 Å². The minimum atomic E-state index is -0.262. The Morgan fingerprint density at radius 2 is 1.67 bits per heavy atom. The van der Waals surface area contributed by atoms with Crippen LogP contribution in [0, 0.1) is 5.82 Å². The minimum Gasteiger partial charge on any atom is -0.508 e. The summed E-state index contributed by atoms with van der Waals surface area (Å²) in [6.45, 7) is 3.22. The van der Waals surface area contributed by atoms with Gasteiger partial charge in [0.15, 0.2) is 0 Å². The summed E-state index contributed by atoms with van der Waals surface area (Å²) in [5.41, 5.74) is 1.79. The van der Waals surface area contributed by atoms with Crippen molar-refractivity contribution in [3.05, 3.63) is 84.1 Å². The predicted octanol–water partition coefficient (Wildman–Crippen LogP) is 3.23. The number of hydrogen-bond donors (Lipinski definition) is 1. The van der Waals surface area contributed by atoms with Crippen molar-refractivity contribution in [1.82, 2.24) is 14.9 Å². The molecule has 0 amide bonds. The number of anilines is 1. The van der Waals surface area contributed by atoms with Gasteiger partial charge in [0.05, 0.1) is 12.2 Å². The van der Waals surface area contributed by atoms with E-state index in [2.05, 4.69) is 19.8 Å². The van der Waals surface area contributed by atoms with Gasteiger partial charge in [-0.15, -0.1) is 0 Å². The normalized spacial score (nSPS) is 16.3. The molecule has 138 valence electrons. The second-order valence-corrected chi connectivity index (χ2v) is 6.60. The molecule has 5 nitrogen and oxygen atoms in total. The van der Waals surface area contributed by atoms with Gasteiger partial charge in [-0.1, -0.05) is 30.3 Å². The summed E-state index contributed by atoms with van der Waals surface area (Å²) >= 11 is 0. The summed E-state index contributed by atoms with van der Waals surface area (Å²) in [4.78, 5) is 13.0. The van der Waals surface area contributed by atoms with E-state index in [0.29, 0.717) is 0 Å². The van der Waals surface area contributed by atoms with Crippen molar-refractivity contribution < 1.29 is 9.50 Å². The third-order valence-corrected chi connectivity index (χ3v) is 4.97. The fourth-order valence-electron chi connectivity index (χ4n) is 3.61. The van der Waals surface area contributed by atoms with E-state index < -0.39 is 0 Å². The summed E-state index contributed by atoms with van der Waals surface area (Å²) in [5, 5.41) is 10.4. The van der Waals surface area contributed by atoms with E-state index in [1.54, 1.807) is 36.8 Å². The van der Waals surface area contributed by atoms with E-state index in [1.165, 1.54) is 12.1 Å².